The average molecular weight is 389 g/mol. The molecule has 3 aromatic rings. The minimum atomic E-state index is 0.254. The van der Waals surface area contributed by atoms with Crippen molar-refractivity contribution in [1.29, 1.82) is 0 Å². The van der Waals surface area contributed by atoms with Gasteiger partial charge in [-0.2, -0.15) is 0 Å². The van der Waals surface area contributed by atoms with Gasteiger partial charge in [-0.15, -0.1) is 0 Å². The number of ether oxygens (including phenoxy) is 1. The first-order valence-electron chi connectivity index (χ1n) is 10.2. The van der Waals surface area contributed by atoms with Crippen LogP contribution in [0.1, 0.15) is 31.1 Å². The van der Waals surface area contributed by atoms with Crippen LogP contribution in [0.3, 0.4) is 0 Å². The Bertz CT molecular complexity index is 940. The summed E-state index contributed by atoms with van der Waals surface area (Å²) in [5, 5.41) is 0. The Morgan fingerprint density at radius 2 is 1.79 bits per heavy atom. The molecular weight excluding hydrogens is 360 g/mol. The molecule has 3 heterocycles. The summed E-state index contributed by atoms with van der Waals surface area (Å²) in [5.74, 6) is 0. The summed E-state index contributed by atoms with van der Waals surface area (Å²) in [6, 6.07) is 14.9. The van der Waals surface area contributed by atoms with E-state index in [2.05, 4.69) is 70.8 Å². The van der Waals surface area contributed by atoms with Gasteiger partial charge < -0.3 is 9.30 Å². The van der Waals surface area contributed by atoms with Gasteiger partial charge in [0.1, 0.15) is 0 Å². The van der Waals surface area contributed by atoms with Crippen LogP contribution in [0.4, 0.5) is 0 Å². The first kappa shape index (κ1) is 19.6. The van der Waals surface area contributed by atoms with Crippen LogP contribution < -0.4 is 0 Å². The van der Waals surface area contributed by atoms with E-state index in [1.807, 2.05) is 24.8 Å². The highest BCUT2D eigenvalue weighted by atomic mass is 16.5. The SMILES string of the molecule is CC(C)=Cc1c(-c2ccccc2)ncn1C[C@H](c1ccncc1)N1CCOCC1. The van der Waals surface area contributed by atoms with Gasteiger partial charge in [0.05, 0.1) is 37.0 Å². The van der Waals surface area contributed by atoms with Crippen LogP contribution >= 0.6 is 0 Å². The summed E-state index contributed by atoms with van der Waals surface area (Å²) in [7, 11) is 0. The van der Waals surface area contributed by atoms with Crippen molar-refractivity contribution in [3.63, 3.8) is 0 Å². The Labute approximate surface area is 172 Å². The fraction of sp³-hybridized carbons (Fsp3) is 0.333. The van der Waals surface area contributed by atoms with Crippen molar-refractivity contribution in [2.24, 2.45) is 0 Å². The molecule has 4 rings (SSSR count). The van der Waals surface area contributed by atoms with E-state index in [1.54, 1.807) is 0 Å². The van der Waals surface area contributed by atoms with E-state index in [4.69, 9.17) is 9.72 Å². The molecule has 5 nitrogen and oxygen atoms in total. The highest BCUT2D eigenvalue weighted by Gasteiger charge is 2.24. The second kappa shape index (κ2) is 9.16. The molecule has 0 spiro atoms. The lowest BCUT2D eigenvalue weighted by Gasteiger charge is -2.35. The number of morpholine rings is 1. The van der Waals surface area contributed by atoms with Crippen LogP contribution in [0.5, 0.6) is 0 Å². The fourth-order valence-corrected chi connectivity index (χ4v) is 3.87. The van der Waals surface area contributed by atoms with Crippen LogP contribution in [0.15, 0.2) is 66.8 Å². The summed E-state index contributed by atoms with van der Waals surface area (Å²) < 4.78 is 7.88. The van der Waals surface area contributed by atoms with Gasteiger partial charge in [0.2, 0.25) is 0 Å². The fourth-order valence-electron chi connectivity index (χ4n) is 3.87. The second-order valence-corrected chi connectivity index (χ2v) is 7.66. The smallest absolute Gasteiger partial charge is 0.0959 e. The van der Waals surface area contributed by atoms with E-state index in [1.165, 1.54) is 11.1 Å². The maximum absolute atomic E-state index is 5.59. The van der Waals surface area contributed by atoms with Crippen LogP contribution in [-0.2, 0) is 11.3 Å². The molecule has 29 heavy (non-hydrogen) atoms. The largest absolute Gasteiger partial charge is 0.379 e. The molecule has 1 aliphatic rings. The third kappa shape index (κ3) is 4.63. The zero-order valence-electron chi connectivity index (χ0n) is 17.2. The number of nitrogens with zero attached hydrogens (tertiary/aromatic N) is 4. The van der Waals surface area contributed by atoms with E-state index in [0.29, 0.717) is 0 Å². The van der Waals surface area contributed by atoms with Crippen molar-refractivity contribution in [2.45, 2.75) is 26.4 Å². The molecule has 0 N–H and O–H groups in total. The molecule has 1 saturated heterocycles. The van der Waals surface area contributed by atoms with Gasteiger partial charge in [-0.1, -0.05) is 35.9 Å². The van der Waals surface area contributed by atoms with Gasteiger partial charge in [0.25, 0.3) is 0 Å². The Kier molecular flexibility index (Phi) is 6.17. The molecule has 0 bridgehead atoms. The van der Waals surface area contributed by atoms with Gasteiger partial charge in [-0.3, -0.25) is 9.88 Å². The second-order valence-electron chi connectivity index (χ2n) is 7.66. The lowest BCUT2D eigenvalue weighted by molar-refractivity contribution is 0.0122. The normalized spacial score (nSPS) is 15.8. The van der Waals surface area contributed by atoms with Crippen molar-refractivity contribution in [3.8, 4) is 11.3 Å². The molecule has 1 aliphatic heterocycles. The quantitative estimate of drug-likeness (QED) is 0.626. The standard InChI is InChI=1S/C24H28N4O/c1-19(2)16-22-24(21-6-4-3-5-7-21)26-18-28(22)17-23(20-8-10-25-11-9-20)27-12-14-29-15-13-27/h3-11,16,18,23H,12-15,17H2,1-2H3/t23-/m1/s1. The van der Waals surface area contributed by atoms with Gasteiger partial charge >= 0.3 is 0 Å². The molecular formula is C24H28N4O. The molecule has 0 radical (unpaired) electrons. The van der Waals surface area contributed by atoms with Crippen LogP contribution in [0, 0.1) is 0 Å². The molecule has 0 amide bonds. The van der Waals surface area contributed by atoms with Crippen LogP contribution in [-0.4, -0.2) is 45.7 Å². The number of imidazole rings is 1. The summed E-state index contributed by atoms with van der Waals surface area (Å²) in [4.78, 5) is 11.5. The topological polar surface area (TPSA) is 43.2 Å². The molecule has 1 fully saturated rings. The summed E-state index contributed by atoms with van der Waals surface area (Å²) in [6.07, 6.45) is 7.97. The monoisotopic (exact) mass is 388 g/mol. The highest BCUT2D eigenvalue weighted by molar-refractivity contribution is 5.70. The van der Waals surface area contributed by atoms with Crippen LogP contribution in [0.2, 0.25) is 0 Å². The molecule has 150 valence electrons. The number of pyridine rings is 1. The third-order valence-corrected chi connectivity index (χ3v) is 5.30. The minimum Gasteiger partial charge on any atom is -0.379 e. The van der Waals surface area contributed by atoms with Gasteiger partial charge in [-0.05, 0) is 37.6 Å². The van der Waals surface area contributed by atoms with Gasteiger partial charge in [0.15, 0.2) is 0 Å². The van der Waals surface area contributed by atoms with E-state index >= 15 is 0 Å². The summed E-state index contributed by atoms with van der Waals surface area (Å²) >= 11 is 0. The number of benzene rings is 1. The minimum absolute atomic E-state index is 0.254. The zero-order chi connectivity index (χ0) is 20.1. The molecule has 0 aliphatic carbocycles. The first-order chi connectivity index (χ1) is 14.2. The number of aromatic nitrogens is 3. The van der Waals surface area contributed by atoms with Gasteiger partial charge in [0, 0.05) is 37.6 Å². The van der Waals surface area contributed by atoms with Crippen molar-refractivity contribution in [1.82, 2.24) is 19.4 Å². The van der Waals surface area contributed by atoms with E-state index in [0.717, 1.165) is 49.8 Å². The molecule has 0 saturated carbocycles. The van der Waals surface area contributed by atoms with Crippen molar-refractivity contribution in [2.75, 3.05) is 26.3 Å². The molecule has 5 heteroatoms. The Morgan fingerprint density at radius 3 is 2.48 bits per heavy atom. The maximum atomic E-state index is 5.59. The molecule has 2 aromatic heterocycles. The number of rotatable bonds is 6. The van der Waals surface area contributed by atoms with E-state index < -0.39 is 0 Å². The first-order valence-corrected chi connectivity index (χ1v) is 10.2. The lowest BCUT2D eigenvalue weighted by atomic mass is 10.1. The average Bonchev–Trinajstić information content (AvgIpc) is 3.15. The number of hydrogen-bond donors (Lipinski definition) is 0. The van der Waals surface area contributed by atoms with Crippen molar-refractivity contribution < 1.29 is 4.74 Å². The number of allylic oxidation sites excluding steroid dienone is 1. The Hall–Kier alpha value is -2.76. The molecule has 0 unspecified atom stereocenters. The molecule has 1 aromatic carbocycles. The predicted molar refractivity (Wildman–Crippen MR) is 116 cm³/mol. The van der Waals surface area contributed by atoms with Gasteiger partial charge in [-0.25, -0.2) is 4.98 Å². The highest BCUT2D eigenvalue weighted by Crippen LogP contribution is 2.29. The van der Waals surface area contributed by atoms with E-state index in [-0.39, 0.29) is 6.04 Å². The maximum Gasteiger partial charge on any atom is 0.0959 e. The van der Waals surface area contributed by atoms with Crippen molar-refractivity contribution >= 4 is 6.08 Å². The summed E-state index contributed by atoms with van der Waals surface area (Å²) in [5.41, 5.74) is 5.87. The molecule has 1 atom stereocenters. The van der Waals surface area contributed by atoms with Crippen LogP contribution in [0.25, 0.3) is 17.3 Å². The predicted octanol–water partition coefficient (Wildman–Crippen LogP) is 4.44. The Morgan fingerprint density at radius 1 is 1.07 bits per heavy atom. The zero-order valence-corrected chi connectivity index (χ0v) is 17.2. The lowest BCUT2D eigenvalue weighted by Crippen LogP contribution is -2.40. The number of hydrogen-bond acceptors (Lipinski definition) is 4. The summed E-state index contributed by atoms with van der Waals surface area (Å²) in [6.45, 7) is 8.53. The van der Waals surface area contributed by atoms with E-state index in [9.17, 15) is 0 Å². The Balaban J connectivity index is 1.72. The van der Waals surface area contributed by atoms with Crippen molar-refractivity contribution in [3.05, 3.63) is 78.0 Å². The third-order valence-electron chi connectivity index (χ3n) is 5.30.